The third kappa shape index (κ3) is 1.13. The number of aromatic nitrogens is 5. The third-order valence-corrected chi connectivity index (χ3v) is 1.97. The molecule has 7 nitrogen and oxygen atoms in total. The number of aromatic amines is 2. The SMILES string of the molecule is CCCc1c(=O)[nH]c(=O)n2[nH]nnc12. The van der Waals surface area contributed by atoms with Crippen molar-refractivity contribution in [3.8, 4) is 0 Å². The van der Waals surface area contributed by atoms with E-state index in [9.17, 15) is 9.59 Å². The van der Waals surface area contributed by atoms with Gasteiger partial charge in [-0.3, -0.25) is 9.78 Å². The predicted molar refractivity (Wildman–Crippen MR) is 48.2 cm³/mol. The maximum atomic E-state index is 11.4. The fraction of sp³-hybridized carbons (Fsp3) is 0.429. The average Bonchev–Trinajstić information content (AvgIpc) is 2.60. The second-order valence-corrected chi connectivity index (χ2v) is 2.95. The Hall–Kier alpha value is -1.92. The Balaban J connectivity index is 2.86. The molecule has 2 aromatic heterocycles. The highest BCUT2D eigenvalue weighted by atomic mass is 16.2. The topological polar surface area (TPSA) is 95.9 Å². The molecule has 14 heavy (non-hydrogen) atoms. The first kappa shape index (κ1) is 8.67. The Morgan fingerprint density at radius 1 is 1.43 bits per heavy atom. The number of fused-ring (bicyclic) bond motifs is 1. The minimum atomic E-state index is -0.546. The van der Waals surface area contributed by atoms with Crippen molar-refractivity contribution < 1.29 is 0 Å². The zero-order chi connectivity index (χ0) is 10.1. The van der Waals surface area contributed by atoms with Gasteiger partial charge in [0.15, 0.2) is 5.65 Å². The van der Waals surface area contributed by atoms with Crippen molar-refractivity contribution in [2.24, 2.45) is 0 Å². The zero-order valence-corrected chi connectivity index (χ0v) is 7.57. The lowest BCUT2D eigenvalue weighted by molar-refractivity contribution is 0.768. The quantitative estimate of drug-likeness (QED) is 0.646. The van der Waals surface area contributed by atoms with Crippen LogP contribution >= 0.6 is 0 Å². The fourth-order valence-corrected chi connectivity index (χ4v) is 1.35. The molecule has 2 heterocycles. The van der Waals surface area contributed by atoms with E-state index in [1.165, 1.54) is 0 Å². The van der Waals surface area contributed by atoms with E-state index >= 15 is 0 Å². The van der Waals surface area contributed by atoms with Crippen molar-refractivity contribution in [1.29, 1.82) is 0 Å². The molecular weight excluding hydrogens is 186 g/mol. The molecule has 74 valence electrons. The van der Waals surface area contributed by atoms with Crippen LogP contribution in [-0.4, -0.2) is 25.0 Å². The van der Waals surface area contributed by atoms with Crippen molar-refractivity contribution in [1.82, 2.24) is 25.0 Å². The number of hydrogen-bond donors (Lipinski definition) is 2. The van der Waals surface area contributed by atoms with Crippen LogP contribution < -0.4 is 11.2 Å². The van der Waals surface area contributed by atoms with E-state index in [1.54, 1.807) is 0 Å². The first-order valence-corrected chi connectivity index (χ1v) is 4.29. The summed E-state index contributed by atoms with van der Waals surface area (Å²) in [6.45, 7) is 1.95. The fourth-order valence-electron chi connectivity index (χ4n) is 1.35. The van der Waals surface area contributed by atoms with Gasteiger partial charge < -0.3 is 0 Å². The van der Waals surface area contributed by atoms with Gasteiger partial charge in [0.2, 0.25) is 0 Å². The van der Waals surface area contributed by atoms with Crippen molar-refractivity contribution in [2.75, 3.05) is 0 Å². The summed E-state index contributed by atoms with van der Waals surface area (Å²) >= 11 is 0. The van der Waals surface area contributed by atoms with E-state index in [4.69, 9.17) is 0 Å². The van der Waals surface area contributed by atoms with E-state index in [-0.39, 0.29) is 5.56 Å². The number of hydrogen-bond acceptors (Lipinski definition) is 4. The average molecular weight is 195 g/mol. The molecule has 2 rings (SSSR count). The Kier molecular flexibility index (Phi) is 1.91. The lowest BCUT2D eigenvalue weighted by Gasteiger charge is -1.96. The summed E-state index contributed by atoms with van der Waals surface area (Å²) in [7, 11) is 0. The molecule has 0 bridgehead atoms. The molecule has 0 aliphatic carbocycles. The maximum Gasteiger partial charge on any atom is 0.350 e. The van der Waals surface area contributed by atoms with Crippen LogP contribution in [0.4, 0.5) is 0 Å². The predicted octanol–water partition coefficient (Wildman–Crippen LogP) is -0.942. The summed E-state index contributed by atoms with van der Waals surface area (Å²) in [6.07, 6.45) is 1.38. The van der Waals surface area contributed by atoms with Gasteiger partial charge in [-0.1, -0.05) is 18.6 Å². The minimum absolute atomic E-state index is 0.306. The molecule has 0 aromatic carbocycles. The molecule has 0 radical (unpaired) electrons. The number of aryl methyl sites for hydroxylation is 1. The molecule has 0 aliphatic heterocycles. The Bertz CT molecular complexity index is 563. The third-order valence-electron chi connectivity index (χ3n) is 1.97. The smallest absolute Gasteiger partial charge is 0.272 e. The van der Waals surface area contributed by atoms with Gasteiger partial charge in [-0.05, 0) is 6.42 Å². The van der Waals surface area contributed by atoms with Crippen LogP contribution in [0.5, 0.6) is 0 Å². The summed E-state index contributed by atoms with van der Waals surface area (Å²) in [5, 5.41) is 9.56. The summed E-state index contributed by atoms with van der Waals surface area (Å²) < 4.78 is 1.12. The van der Waals surface area contributed by atoms with Crippen LogP contribution in [0.3, 0.4) is 0 Å². The first-order chi connectivity index (χ1) is 6.74. The van der Waals surface area contributed by atoms with Gasteiger partial charge in [0, 0.05) is 0 Å². The Morgan fingerprint density at radius 2 is 2.21 bits per heavy atom. The maximum absolute atomic E-state index is 11.4. The second-order valence-electron chi connectivity index (χ2n) is 2.95. The van der Waals surface area contributed by atoms with Crippen molar-refractivity contribution in [3.05, 3.63) is 26.4 Å². The number of nitrogens with zero attached hydrogens (tertiary/aromatic N) is 3. The van der Waals surface area contributed by atoms with Crippen molar-refractivity contribution >= 4 is 5.65 Å². The molecule has 0 spiro atoms. The van der Waals surface area contributed by atoms with Gasteiger partial charge in [-0.25, -0.2) is 4.79 Å². The van der Waals surface area contributed by atoms with Gasteiger partial charge in [-0.15, -0.1) is 5.10 Å². The van der Waals surface area contributed by atoms with Gasteiger partial charge >= 0.3 is 5.69 Å². The Morgan fingerprint density at radius 3 is 2.93 bits per heavy atom. The van der Waals surface area contributed by atoms with E-state index < -0.39 is 5.69 Å². The van der Waals surface area contributed by atoms with Crippen LogP contribution in [0.2, 0.25) is 0 Å². The minimum Gasteiger partial charge on any atom is -0.272 e. The van der Waals surface area contributed by atoms with Gasteiger partial charge in [0.25, 0.3) is 5.56 Å². The number of nitrogens with one attached hydrogen (secondary N) is 2. The normalized spacial score (nSPS) is 10.9. The van der Waals surface area contributed by atoms with E-state index in [0.29, 0.717) is 17.6 Å². The highest BCUT2D eigenvalue weighted by Gasteiger charge is 2.10. The number of tetrazole rings is 1. The number of H-pyrrole nitrogens is 2. The standard InChI is InChI=1S/C7H9N5O2/c1-2-3-4-5-9-10-11-12(5)7(14)8-6(4)13/h2-3H2,1H3,(H,9,11)(H,8,13,14). The molecular formula is C7H9N5O2. The van der Waals surface area contributed by atoms with Gasteiger partial charge in [-0.2, -0.15) is 9.73 Å². The van der Waals surface area contributed by atoms with Crippen molar-refractivity contribution in [2.45, 2.75) is 19.8 Å². The molecule has 2 aromatic rings. The molecule has 0 aliphatic rings. The summed E-state index contributed by atoms with van der Waals surface area (Å²) in [5.74, 6) is 0. The van der Waals surface area contributed by atoms with Gasteiger partial charge in [0.1, 0.15) is 0 Å². The molecule has 0 saturated heterocycles. The van der Waals surface area contributed by atoms with E-state index in [1.807, 2.05) is 6.92 Å². The monoisotopic (exact) mass is 195 g/mol. The second kappa shape index (κ2) is 3.09. The van der Waals surface area contributed by atoms with Crippen molar-refractivity contribution in [3.63, 3.8) is 0 Å². The largest absolute Gasteiger partial charge is 0.350 e. The zero-order valence-electron chi connectivity index (χ0n) is 7.57. The van der Waals surface area contributed by atoms with Crippen LogP contribution in [-0.2, 0) is 6.42 Å². The molecule has 0 unspecified atom stereocenters. The first-order valence-electron chi connectivity index (χ1n) is 4.29. The molecule has 2 N–H and O–H groups in total. The molecule has 0 atom stereocenters. The highest BCUT2D eigenvalue weighted by Crippen LogP contribution is 2.00. The van der Waals surface area contributed by atoms with Gasteiger partial charge in [0.05, 0.1) is 5.56 Å². The van der Waals surface area contributed by atoms with Crippen LogP contribution in [0, 0.1) is 0 Å². The summed E-state index contributed by atoms with van der Waals surface area (Å²) in [5.41, 5.74) is -0.137. The van der Waals surface area contributed by atoms with Crippen LogP contribution in [0.15, 0.2) is 9.59 Å². The lowest BCUT2D eigenvalue weighted by Crippen LogP contribution is -2.29. The van der Waals surface area contributed by atoms with E-state index in [0.717, 1.165) is 10.9 Å². The molecule has 7 heteroatoms. The molecule has 0 amide bonds. The van der Waals surface area contributed by atoms with Crippen LogP contribution in [0.1, 0.15) is 18.9 Å². The Labute approximate surface area is 77.8 Å². The van der Waals surface area contributed by atoms with Crippen LogP contribution in [0.25, 0.3) is 5.65 Å². The summed E-state index contributed by atoms with van der Waals surface area (Å²) in [4.78, 5) is 24.8. The van der Waals surface area contributed by atoms with E-state index in [2.05, 4.69) is 20.5 Å². The highest BCUT2D eigenvalue weighted by molar-refractivity contribution is 5.43. The molecule has 0 fully saturated rings. The molecule has 0 saturated carbocycles. The lowest BCUT2D eigenvalue weighted by atomic mass is 10.2. The number of rotatable bonds is 2. The summed E-state index contributed by atoms with van der Waals surface area (Å²) in [6, 6.07) is 0.